The summed E-state index contributed by atoms with van der Waals surface area (Å²) in [5.41, 5.74) is 5.27. The number of carbonyl (C=O) groups excluding carboxylic acids is 5. The Morgan fingerprint density at radius 1 is 1.12 bits per heavy atom. The Labute approximate surface area is 151 Å². The maximum atomic E-state index is 12.2. The normalized spacial score (nSPS) is 16.7. The molecule has 0 aromatic heterocycles. The van der Waals surface area contributed by atoms with Gasteiger partial charge in [0.05, 0.1) is 0 Å². The number of hydrogen-bond acceptors (Lipinski definition) is 6. The first-order valence-electron chi connectivity index (χ1n) is 7.98. The number of nitrogens with two attached hydrogens (primary N) is 1. The van der Waals surface area contributed by atoms with Crippen molar-refractivity contribution in [2.24, 2.45) is 11.7 Å². The predicted molar refractivity (Wildman–Crippen MR) is 92.3 cm³/mol. The summed E-state index contributed by atoms with van der Waals surface area (Å²) in [6.07, 6.45) is 0.529. The quantitative estimate of drug-likeness (QED) is 0.290. The standard InChI is InChI=1S/C15H24N4O5S/c1-8(2)5-9(14(16)23)18-15(24)10(7-25)17-11(20)6-19-12(21)3-4-13(19)22/h8-10,25H,3-7H2,1-2H3,(H2,16,23)(H,17,20)(H,18,24)/t9-,10+/m1/s1. The average molecular weight is 372 g/mol. The maximum Gasteiger partial charge on any atom is 0.244 e. The summed E-state index contributed by atoms with van der Waals surface area (Å²) in [6.45, 7) is 3.31. The van der Waals surface area contributed by atoms with E-state index in [1.54, 1.807) is 0 Å². The predicted octanol–water partition coefficient (Wildman–Crippen LogP) is -1.43. The fourth-order valence-corrected chi connectivity index (χ4v) is 2.62. The summed E-state index contributed by atoms with van der Waals surface area (Å²) in [5, 5.41) is 4.90. The minimum atomic E-state index is -1.02. The first-order valence-corrected chi connectivity index (χ1v) is 8.62. The molecule has 0 unspecified atom stereocenters. The topological polar surface area (TPSA) is 139 Å². The van der Waals surface area contributed by atoms with Crippen molar-refractivity contribution in [1.82, 2.24) is 15.5 Å². The summed E-state index contributed by atoms with van der Waals surface area (Å²) in [4.78, 5) is 59.5. The third kappa shape index (κ3) is 6.37. The molecule has 10 heteroatoms. The molecule has 5 amide bonds. The van der Waals surface area contributed by atoms with Crippen LogP contribution in [0.2, 0.25) is 0 Å². The van der Waals surface area contributed by atoms with E-state index in [0.29, 0.717) is 6.42 Å². The summed E-state index contributed by atoms with van der Waals surface area (Å²) >= 11 is 4.02. The molecule has 1 heterocycles. The lowest BCUT2D eigenvalue weighted by atomic mass is 10.0. The van der Waals surface area contributed by atoms with E-state index >= 15 is 0 Å². The molecule has 9 nitrogen and oxygen atoms in total. The van der Waals surface area contributed by atoms with Crippen LogP contribution in [0.25, 0.3) is 0 Å². The van der Waals surface area contributed by atoms with Gasteiger partial charge in [-0.05, 0) is 12.3 Å². The molecule has 0 saturated carbocycles. The van der Waals surface area contributed by atoms with Gasteiger partial charge in [-0.15, -0.1) is 0 Å². The van der Waals surface area contributed by atoms with Gasteiger partial charge in [0.15, 0.2) is 0 Å². The van der Waals surface area contributed by atoms with Gasteiger partial charge < -0.3 is 16.4 Å². The van der Waals surface area contributed by atoms with E-state index < -0.39 is 48.2 Å². The molecular weight excluding hydrogens is 348 g/mol. The highest BCUT2D eigenvalue weighted by Crippen LogP contribution is 2.11. The Balaban J connectivity index is 2.63. The van der Waals surface area contributed by atoms with Crippen molar-refractivity contribution in [3.05, 3.63) is 0 Å². The van der Waals surface area contributed by atoms with Gasteiger partial charge in [-0.2, -0.15) is 12.6 Å². The summed E-state index contributed by atoms with van der Waals surface area (Å²) in [5.74, 6) is -2.65. The monoisotopic (exact) mass is 372 g/mol. The van der Waals surface area contributed by atoms with Gasteiger partial charge in [-0.1, -0.05) is 13.8 Å². The van der Waals surface area contributed by atoms with Crippen LogP contribution in [-0.4, -0.2) is 58.8 Å². The second-order valence-corrected chi connectivity index (χ2v) is 6.63. The number of thiol groups is 1. The zero-order chi connectivity index (χ0) is 19.1. The summed E-state index contributed by atoms with van der Waals surface area (Å²) in [6, 6.07) is -1.87. The van der Waals surface area contributed by atoms with Crippen LogP contribution < -0.4 is 16.4 Å². The number of nitrogens with zero attached hydrogens (tertiary/aromatic N) is 1. The third-order valence-corrected chi connectivity index (χ3v) is 4.02. The van der Waals surface area contributed by atoms with E-state index in [0.717, 1.165) is 4.90 Å². The largest absolute Gasteiger partial charge is 0.368 e. The second-order valence-electron chi connectivity index (χ2n) is 6.27. The second kappa shape index (κ2) is 9.40. The Morgan fingerprint density at radius 3 is 2.12 bits per heavy atom. The summed E-state index contributed by atoms with van der Waals surface area (Å²) < 4.78 is 0. The number of nitrogens with one attached hydrogen (secondary N) is 2. The number of amides is 5. The lowest BCUT2D eigenvalue weighted by molar-refractivity contribution is -0.142. The number of carbonyl (C=O) groups is 5. The third-order valence-electron chi connectivity index (χ3n) is 3.66. The minimum Gasteiger partial charge on any atom is -0.368 e. The Hall–Kier alpha value is -2.10. The van der Waals surface area contributed by atoms with Gasteiger partial charge in [0.2, 0.25) is 29.5 Å². The minimum absolute atomic E-state index is 0.0212. The van der Waals surface area contributed by atoms with Crippen LogP contribution in [0, 0.1) is 5.92 Å². The molecule has 0 aromatic rings. The van der Waals surface area contributed by atoms with E-state index in [-0.39, 0.29) is 24.5 Å². The van der Waals surface area contributed by atoms with Gasteiger partial charge >= 0.3 is 0 Å². The zero-order valence-electron chi connectivity index (χ0n) is 14.3. The van der Waals surface area contributed by atoms with Crippen LogP contribution in [0.15, 0.2) is 0 Å². The molecule has 1 saturated heterocycles. The zero-order valence-corrected chi connectivity index (χ0v) is 15.2. The fourth-order valence-electron chi connectivity index (χ4n) is 2.37. The van der Waals surface area contributed by atoms with Gasteiger partial charge in [0.1, 0.15) is 18.6 Å². The van der Waals surface area contributed by atoms with E-state index in [1.807, 2.05) is 13.8 Å². The average Bonchev–Trinajstić information content (AvgIpc) is 2.83. The van der Waals surface area contributed by atoms with Crippen LogP contribution in [0.4, 0.5) is 0 Å². The van der Waals surface area contributed by atoms with Gasteiger partial charge in [0.25, 0.3) is 0 Å². The van der Waals surface area contributed by atoms with Crippen molar-refractivity contribution < 1.29 is 24.0 Å². The maximum absolute atomic E-state index is 12.2. The van der Waals surface area contributed by atoms with Crippen LogP contribution in [0.1, 0.15) is 33.1 Å². The van der Waals surface area contributed by atoms with E-state index in [1.165, 1.54) is 0 Å². The number of likely N-dealkylation sites (tertiary alicyclic amines) is 1. The first-order chi connectivity index (χ1) is 11.6. The molecule has 4 N–H and O–H groups in total. The summed E-state index contributed by atoms with van der Waals surface area (Å²) in [7, 11) is 0. The highest BCUT2D eigenvalue weighted by molar-refractivity contribution is 7.80. The van der Waals surface area contributed by atoms with Crippen LogP contribution in [0.5, 0.6) is 0 Å². The molecule has 140 valence electrons. The van der Waals surface area contributed by atoms with Crippen LogP contribution >= 0.6 is 12.6 Å². The lowest BCUT2D eigenvalue weighted by Gasteiger charge is -2.22. The fraction of sp³-hybridized carbons (Fsp3) is 0.667. The smallest absolute Gasteiger partial charge is 0.244 e. The number of hydrogen-bond donors (Lipinski definition) is 4. The molecule has 0 aliphatic carbocycles. The molecule has 25 heavy (non-hydrogen) atoms. The number of primary amides is 1. The molecule has 1 fully saturated rings. The van der Waals surface area contributed by atoms with E-state index in [2.05, 4.69) is 23.3 Å². The Bertz CT molecular complexity index is 550. The van der Waals surface area contributed by atoms with Crippen LogP contribution in [0.3, 0.4) is 0 Å². The highest BCUT2D eigenvalue weighted by atomic mass is 32.1. The number of rotatable bonds is 9. The van der Waals surface area contributed by atoms with Crippen molar-refractivity contribution in [3.8, 4) is 0 Å². The van der Waals surface area contributed by atoms with Gasteiger partial charge in [-0.3, -0.25) is 28.9 Å². The van der Waals surface area contributed by atoms with Gasteiger partial charge in [-0.25, -0.2) is 0 Å². The number of imide groups is 1. The lowest BCUT2D eigenvalue weighted by Crippen LogP contribution is -2.55. The molecule has 0 spiro atoms. The van der Waals surface area contributed by atoms with Crippen molar-refractivity contribution >= 4 is 42.2 Å². The Morgan fingerprint density at radius 2 is 1.68 bits per heavy atom. The molecule has 0 aromatic carbocycles. The molecule has 0 bridgehead atoms. The molecule has 2 atom stereocenters. The highest BCUT2D eigenvalue weighted by Gasteiger charge is 2.32. The SMILES string of the molecule is CC(C)C[C@@H](NC(=O)[C@H](CS)NC(=O)CN1C(=O)CCC1=O)C(N)=O. The van der Waals surface area contributed by atoms with E-state index in [4.69, 9.17) is 5.73 Å². The van der Waals surface area contributed by atoms with Crippen molar-refractivity contribution in [3.63, 3.8) is 0 Å². The molecule has 0 radical (unpaired) electrons. The Kier molecular flexibility index (Phi) is 7.88. The van der Waals surface area contributed by atoms with Gasteiger partial charge in [0, 0.05) is 18.6 Å². The van der Waals surface area contributed by atoms with Crippen LogP contribution in [-0.2, 0) is 24.0 Å². The first kappa shape index (κ1) is 20.9. The molecular formula is C15H24N4O5S. The van der Waals surface area contributed by atoms with Crippen molar-refractivity contribution in [2.45, 2.75) is 45.2 Å². The molecule has 1 aliphatic heterocycles. The molecule has 1 rings (SSSR count). The van der Waals surface area contributed by atoms with E-state index in [9.17, 15) is 24.0 Å². The van der Waals surface area contributed by atoms with Crippen molar-refractivity contribution in [1.29, 1.82) is 0 Å². The van der Waals surface area contributed by atoms with Crippen molar-refractivity contribution in [2.75, 3.05) is 12.3 Å². The molecule has 1 aliphatic rings.